The summed E-state index contributed by atoms with van der Waals surface area (Å²) in [5.41, 5.74) is 0.343. The van der Waals surface area contributed by atoms with Crippen molar-refractivity contribution < 1.29 is 19.1 Å². The molecule has 0 aromatic heterocycles. The number of amides is 2. The van der Waals surface area contributed by atoms with Crippen molar-refractivity contribution in [3.8, 4) is 0 Å². The third-order valence-corrected chi connectivity index (χ3v) is 2.54. The lowest BCUT2D eigenvalue weighted by Crippen LogP contribution is -2.38. The van der Waals surface area contributed by atoms with Gasteiger partial charge in [0.2, 0.25) is 5.91 Å². The summed E-state index contributed by atoms with van der Waals surface area (Å²) in [6.07, 6.45) is 1.43. The van der Waals surface area contributed by atoms with Gasteiger partial charge in [-0.1, -0.05) is 0 Å². The van der Waals surface area contributed by atoms with Gasteiger partial charge in [0.15, 0.2) is 0 Å². The van der Waals surface area contributed by atoms with Gasteiger partial charge in [-0.2, -0.15) is 5.10 Å². The minimum Gasteiger partial charge on any atom is -0.469 e. The minimum atomic E-state index is -0.301. The molecule has 0 saturated carbocycles. The molecule has 0 aliphatic carbocycles. The molecular formula is C11H17N3O4. The number of hydrogen-bond acceptors (Lipinski definition) is 5. The number of carbonyl (C=O) groups is 3. The van der Waals surface area contributed by atoms with Crippen LogP contribution < -0.4 is 5.32 Å². The first-order chi connectivity index (χ1) is 8.54. The Bertz CT molecular complexity index is 378. The van der Waals surface area contributed by atoms with E-state index in [4.69, 9.17) is 0 Å². The van der Waals surface area contributed by atoms with Gasteiger partial charge in [0.25, 0.3) is 5.91 Å². The predicted octanol–water partition coefficient (Wildman–Crippen LogP) is -0.336. The molecule has 0 radical (unpaired) electrons. The number of methoxy groups -OCH3 is 1. The molecule has 18 heavy (non-hydrogen) atoms. The van der Waals surface area contributed by atoms with Crippen LogP contribution in [-0.2, 0) is 19.1 Å². The molecule has 0 spiro atoms. The van der Waals surface area contributed by atoms with E-state index >= 15 is 0 Å². The molecule has 0 aromatic carbocycles. The van der Waals surface area contributed by atoms with E-state index in [-0.39, 0.29) is 24.2 Å². The lowest BCUT2D eigenvalue weighted by Gasteiger charge is -2.18. The van der Waals surface area contributed by atoms with E-state index in [9.17, 15) is 14.4 Å². The lowest BCUT2D eigenvalue weighted by molar-refractivity contribution is -0.140. The van der Waals surface area contributed by atoms with Crippen LogP contribution in [0.3, 0.4) is 0 Å². The Morgan fingerprint density at radius 1 is 1.44 bits per heavy atom. The average molecular weight is 255 g/mol. The number of hydrazone groups is 1. The lowest BCUT2D eigenvalue weighted by atomic mass is 10.1. The highest BCUT2D eigenvalue weighted by Crippen LogP contribution is 2.06. The van der Waals surface area contributed by atoms with Crippen LogP contribution in [0.25, 0.3) is 0 Å². The second kappa shape index (κ2) is 6.73. The normalized spacial score (nSPS) is 15.1. The SMILES string of the molecule is COC(=O)CCCNC(=O)C1=NN(C)C(=O)CC1. The summed E-state index contributed by atoms with van der Waals surface area (Å²) in [5, 5.41) is 7.72. The van der Waals surface area contributed by atoms with E-state index in [0.717, 1.165) is 0 Å². The molecule has 1 aliphatic rings. The Morgan fingerprint density at radius 3 is 2.78 bits per heavy atom. The highest BCUT2D eigenvalue weighted by molar-refractivity contribution is 6.39. The molecule has 1 rings (SSSR count). The highest BCUT2D eigenvalue weighted by Gasteiger charge is 2.21. The number of nitrogens with one attached hydrogen (secondary N) is 1. The van der Waals surface area contributed by atoms with Gasteiger partial charge >= 0.3 is 5.97 Å². The minimum absolute atomic E-state index is 0.0998. The monoisotopic (exact) mass is 255 g/mol. The van der Waals surface area contributed by atoms with E-state index in [1.165, 1.54) is 19.2 Å². The van der Waals surface area contributed by atoms with Gasteiger partial charge in [-0.15, -0.1) is 0 Å². The third kappa shape index (κ3) is 4.15. The molecule has 2 amide bonds. The van der Waals surface area contributed by atoms with Gasteiger partial charge in [0, 0.05) is 32.9 Å². The van der Waals surface area contributed by atoms with Gasteiger partial charge in [-0.05, 0) is 6.42 Å². The van der Waals surface area contributed by atoms with Gasteiger partial charge in [0.1, 0.15) is 5.71 Å². The molecule has 7 heteroatoms. The molecule has 0 unspecified atom stereocenters. The molecular weight excluding hydrogens is 238 g/mol. The standard InChI is InChI=1S/C11H17N3O4/c1-14-9(15)6-5-8(13-14)11(17)12-7-3-4-10(16)18-2/h3-7H2,1-2H3,(H,12,17). The van der Waals surface area contributed by atoms with Crippen LogP contribution >= 0.6 is 0 Å². The summed E-state index contributed by atoms with van der Waals surface area (Å²) in [7, 11) is 2.84. The van der Waals surface area contributed by atoms with Crippen molar-refractivity contribution in [1.82, 2.24) is 10.3 Å². The summed E-state index contributed by atoms with van der Waals surface area (Å²) >= 11 is 0. The molecule has 0 fully saturated rings. The average Bonchev–Trinajstić information content (AvgIpc) is 2.37. The van der Waals surface area contributed by atoms with Gasteiger partial charge < -0.3 is 10.1 Å². The molecule has 0 atom stereocenters. The molecule has 100 valence electrons. The first-order valence-corrected chi connectivity index (χ1v) is 5.73. The van der Waals surface area contributed by atoms with Crippen molar-refractivity contribution in [3.05, 3.63) is 0 Å². The van der Waals surface area contributed by atoms with E-state index in [2.05, 4.69) is 15.2 Å². The van der Waals surface area contributed by atoms with Crippen LogP contribution in [0.15, 0.2) is 5.10 Å². The summed E-state index contributed by atoms with van der Waals surface area (Å²) in [6.45, 7) is 0.380. The van der Waals surface area contributed by atoms with Crippen LogP contribution in [0.4, 0.5) is 0 Å². The number of rotatable bonds is 5. The number of carbonyl (C=O) groups excluding carboxylic acids is 3. The Kier molecular flexibility index (Phi) is 5.29. The Labute approximate surface area is 105 Å². The van der Waals surface area contributed by atoms with Gasteiger partial charge in [-0.25, -0.2) is 5.01 Å². The molecule has 0 saturated heterocycles. The largest absolute Gasteiger partial charge is 0.469 e. The van der Waals surface area contributed by atoms with Crippen molar-refractivity contribution >= 4 is 23.5 Å². The highest BCUT2D eigenvalue weighted by atomic mass is 16.5. The van der Waals surface area contributed by atoms with E-state index in [1.807, 2.05) is 0 Å². The van der Waals surface area contributed by atoms with Crippen molar-refractivity contribution in [3.63, 3.8) is 0 Å². The molecule has 1 N–H and O–H groups in total. The number of esters is 1. The quantitative estimate of drug-likeness (QED) is 0.538. The Hall–Kier alpha value is -1.92. The molecule has 1 heterocycles. The van der Waals surface area contributed by atoms with Crippen LogP contribution in [-0.4, -0.2) is 49.2 Å². The van der Waals surface area contributed by atoms with Crippen molar-refractivity contribution in [2.45, 2.75) is 25.7 Å². The topological polar surface area (TPSA) is 88.1 Å². The summed E-state index contributed by atoms with van der Waals surface area (Å²) in [4.78, 5) is 33.7. The Balaban J connectivity index is 2.31. The van der Waals surface area contributed by atoms with Crippen LogP contribution in [0.2, 0.25) is 0 Å². The van der Waals surface area contributed by atoms with Crippen molar-refractivity contribution in [1.29, 1.82) is 0 Å². The van der Waals surface area contributed by atoms with Crippen molar-refractivity contribution in [2.24, 2.45) is 5.10 Å². The first-order valence-electron chi connectivity index (χ1n) is 5.73. The second-order valence-corrected chi connectivity index (χ2v) is 3.90. The summed E-state index contributed by atoms with van der Waals surface area (Å²) in [5.74, 6) is -0.693. The van der Waals surface area contributed by atoms with Crippen LogP contribution in [0, 0.1) is 0 Å². The zero-order valence-corrected chi connectivity index (χ0v) is 10.6. The summed E-state index contributed by atoms with van der Waals surface area (Å²) < 4.78 is 4.48. The molecule has 7 nitrogen and oxygen atoms in total. The van der Waals surface area contributed by atoms with E-state index < -0.39 is 0 Å². The maximum atomic E-state index is 11.7. The molecule has 0 bridgehead atoms. The fourth-order valence-corrected chi connectivity index (χ4v) is 1.47. The van der Waals surface area contributed by atoms with E-state index in [1.54, 1.807) is 0 Å². The Morgan fingerprint density at radius 2 is 2.17 bits per heavy atom. The van der Waals surface area contributed by atoms with Gasteiger partial charge in [0.05, 0.1) is 7.11 Å². The molecule has 0 aromatic rings. The zero-order valence-electron chi connectivity index (χ0n) is 10.6. The predicted molar refractivity (Wildman–Crippen MR) is 63.7 cm³/mol. The first kappa shape index (κ1) is 14.1. The number of nitrogens with zero attached hydrogens (tertiary/aromatic N) is 2. The maximum Gasteiger partial charge on any atom is 0.305 e. The fraction of sp³-hybridized carbons (Fsp3) is 0.636. The zero-order chi connectivity index (χ0) is 13.5. The van der Waals surface area contributed by atoms with Crippen LogP contribution in [0.1, 0.15) is 25.7 Å². The van der Waals surface area contributed by atoms with Gasteiger partial charge in [-0.3, -0.25) is 14.4 Å². The second-order valence-electron chi connectivity index (χ2n) is 3.90. The number of ether oxygens (including phenoxy) is 1. The summed E-state index contributed by atoms with van der Waals surface area (Å²) in [6, 6.07) is 0. The van der Waals surface area contributed by atoms with Crippen LogP contribution in [0.5, 0.6) is 0 Å². The number of hydrogen-bond donors (Lipinski definition) is 1. The maximum absolute atomic E-state index is 11.7. The smallest absolute Gasteiger partial charge is 0.305 e. The van der Waals surface area contributed by atoms with Crippen molar-refractivity contribution in [2.75, 3.05) is 20.7 Å². The third-order valence-electron chi connectivity index (χ3n) is 2.54. The van der Waals surface area contributed by atoms with E-state index in [0.29, 0.717) is 31.5 Å². The fourth-order valence-electron chi connectivity index (χ4n) is 1.47. The molecule has 1 aliphatic heterocycles.